The standard InChI is InChI=1S/C9H12O2S3/c10-14(11)8-4-7-12-13-9-5-2-1-3-6-9/h1-3,5-6H,4,7-8H2,(H,10,11). The topological polar surface area (TPSA) is 37.3 Å². The van der Waals surface area contributed by atoms with Crippen molar-refractivity contribution in [1.82, 2.24) is 0 Å². The van der Waals surface area contributed by atoms with Crippen LogP contribution in [0.2, 0.25) is 0 Å². The fourth-order valence-electron chi connectivity index (χ4n) is 0.827. The fourth-order valence-corrected chi connectivity index (χ4v) is 3.50. The number of hydrogen-bond acceptors (Lipinski definition) is 3. The molecule has 0 heterocycles. The molecule has 0 aliphatic carbocycles. The second-order valence-electron chi connectivity index (χ2n) is 2.60. The van der Waals surface area contributed by atoms with E-state index in [0.29, 0.717) is 5.75 Å². The summed E-state index contributed by atoms with van der Waals surface area (Å²) in [4.78, 5) is 1.22. The number of rotatable bonds is 6. The highest BCUT2D eigenvalue weighted by Gasteiger charge is 1.96. The van der Waals surface area contributed by atoms with Gasteiger partial charge in [-0.3, -0.25) is 0 Å². The Hall–Kier alpha value is 0.0300. The van der Waals surface area contributed by atoms with Crippen LogP contribution < -0.4 is 0 Å². The molecule has 1 aromatic rings. The highest BCUT2D eigenvalue weighted by Crippen LogP contribution is 2.30. The molecule has 14 heavy (non-hydrogen) atoms. The molecule has 1 N–H and O–H groups in total. The van der Waals surface area contributed by atoms with E-state index in [-0.39, 0.29) is 0 Å². The summed E-state index contributed by atoms with van der Waals surface area (Å²) in [7, 11) is 3.43. The van der Waals surface area contributed by atoms with Crippen LogP contribution in [0.4, 0.5) is 0 Å². The molecule has 1 rings (SSSR count). The SMILES string of the molecule is O=S(O)CCCSSc1ccccc1. The van der Waals surface area contributed by atoms with Gasteiger partial charge in [0.25, 0.3) is 0 Å². The molecular formula is C9H12O2S3. The minimum Gasteiger partial charge on any atom is -0.306 e. The van der Waals surface area contributed by atoms with E-state index in [9.17, 15) is 4.21 Å². The van der Waals surface area contributed by atoms with Gasteiger partial charge in [-0.15, -0.1) is 0 Å². The third kappa shape index (κ3) is 5.70. The fraction of sp³-hybridized carbons (Fsp3) is 0.333. The van der Waals surface area contributed by atoms with E-state index >= 15 is 0 Å². The minimum absolute atomic E-state index is 0.377. The summed E-state index contributed by atoms with van der Waals surface area (Å²) in [6.07, 6.45) is 0.785. The van der Waals surface area contributed by atoms with Crippen LogP contribution in [0.25, 0.3) is 0 Å². The van der Waals surface area contributed by atoms with Crippen molar-refractivity contribution in [2.24, 2.45) is 0 Å². The summed E-state index contributed by atoms with van der Waals surface area (Å²) < 4.78 is 18.9. The van der Waals surface area contributed by atoms with E-state index in [1.165, 1.54) is 4.90 Å². The Balaban J connectivity index is 2.08. The van der Waals surface area contributed by atoms with Gasteiger partial charge in [0.05, 0.1) is 5.75 Å². The highest BCUT2D eigenvalue weighted by molar-refractivity contribution is 8.76. The molecule has 78 valence electrons. The third-order valence-corrected chi connectivity index (χ3v) is 4.55. The zero-order valence-electron chi connectivity index (χ0n) is 7.59. The number of hydrogen-bond donors (Lipinski definition) is 1. The Morgan fingerprint density at radius 2 is 2.00 bits per heavy atom. The normalized spacial score (nSPS) is 12.6. The Labute approximate surface area is 94.5 Å². The van der Waals surface area contributed by atoms with Crippen LogP contribution in [-0.2, 0) is 11.1 Å². The maximum Gasteiger partial charge on any atom is 0.152 e. The van der Waals surface area contributed by atoms with E-state index in [1.54, 1.807) is 21.6 Å². The quantitative estimate of drug-likeness (QED) is 0.477. The predicted octanol–water partition coefficient (Wildman–Crippen LogP) is 3.04. The zero-order valence-corrected chi connectivity index (χ0v) is 10.0. The van der Waals surface area contributed by atoms with Crippen molar-refractivity contribution in [3.63, 3.8) is 0 Å². The van der Waals surface area contributed by atoms with E-state index in [4.69, 9.17) is 4.55 Å². The van der Waals surface area contributed by atoms with Gasteiger partial charge >= 0.3 is 0 Å². The molecule has 0 bridgehead atoms. The second-order valence-corrected chi connectivity index (χ2v) is 6.14. The van der Waals surface area contributed by atoms with Gasteiger partial charge in [0.2, 0.25) is 0 Å². The van der Waals surface area contributed by atoms with Crippen LogP contribution in [0, 0.1) is 0 Å². The Morgan fingerprint density at radius 3 is 2.64 bits per heavy atom. The van der Waals surface area contributed by atoms with Gasteiger partial charge in [-0.25, -0.2) is 4.21 Å². The monoisotopic (exact) mass is 248 g/mol. The highest BCUT2D eigenvalue weighted by atomic mass is 33.1. The summed E-state index contributed by atoms with van der Waals surface area (Å²) in [6.45, 7) is 0. The molecule has 0 spiro atoms. The van der Waals surface area contributed by atoms with Crippen molar-refractivity contribution < 1.29 is 8.76 Å². The lowest BCUT2D eigenvalue weighted by Crippen LogP contribution is -1.95. The lowest BCUT2D eigenvalue weighted by Gasteiger charge is -1.99. The van der Waals surface area contributed by atoms with E-state index < -0.39 is 11.1 Å². The van der Waals surface area contributed by atoms with Crippen molar-refractivity contribution in [2.45, 2.75) is 11.3 Å². The summed E-state index contributed by atoms with van der Waals surface area (Å²) in [5, 5.41) is 0. The molecule has 0 saturated carbocycles. The summed E-state index contributed by atoms with van der Waals surface area (Å²) in [5.74, 6) is 1.29. The Kier molecular flexibility index (Phi) is 6.34. The minimum atomic E-state index is -1.64. The van der Waals surface area contributed by atoms with Crippen molar-refractivity contribution in [3.8, 4) is 0 Å². The van der Waals surface area contributed by atoms with Gasteiger partial charge in [-0.2, -0.15) is 0 Å². The van der Waals surface area contributed by atoms with Crippen LogP contribution in [0.5, 0.6) is 0 Å². The predicted molar refractivity (Wildman–Crippen MR) is 65.0 cm³/mol. The van der Waals surface area contributed by atoms with E-state index in [2.05, 4.69) is 12.1 Å². The smallest absolute Gasteiger partial charge is 0.152 e. The lowest BCUT2D eigenvalue weighted by atomic mass is 10.4. The van der Waals surface area contributed by atoms with Crippen LogP contribution >= 0.6 is 21.6 Å². The van der Waals surface area contributed by atoms with Crippen molar-refractivity contribution in [2.75, 3.05) is 11.5 Å². The van der Waals surface area contributed by atoms with Crippen LogP contribution in [0.3, 0.4) is 0 Å². The van der Waals surface area contributed by atoms with Crippen molar-refractivity contribution in [1.29, 1.82) is 0 Å². The summed E-state index contributed by atoms with van der Waals surface area (Å²) in [5.41, 5.74) is 0. The van der Waals surface area contributed by atoms with Gasteiger partial charge in [-0.05, 0) is 18.6 Å². The van der Waals surface area contributed by atoms with Crippen LogP contribution in [0.15, 0.2) is 35.2 Å². The number of benzene rings is 1. The van der Waals surface area contributed by atoms with Gasteiger partial charge in [0, 0.05) is 10.6 Å². The van der Waals surface area contributed by atoms with Crippen molar-refractivity contribution >= 4 is 32.7 Å². The second kappa shape index (κ2) is 7.34. The molecular weight excluding hydrogens is 236 g/mol. The van der Waals surface area contributed by atoms with Gasteiger partial charge in [0.1, 0.15) is 0 Å². The Morgan fingerprint density at radius 1 is 1.29 bits per heavy atom. The molecule has 0 aliphatic rings. The van der Waals surface area contributed by atoms with Crippen LogP contribution in [0.1, 0.15) is 6.42 Å². The largest absolute Gasteiger partial charge is 0.306 e. The first-order valence-corrected chi connectivity index (χ1v) is 7.80. The van der Waals surface area contributed by atoms with Gasteiger partial charge in [0.15, 0.2) is 11.1 Å². The molecule has 0 aromatic heterocycles. The van der Waals surface area contributed by atoms with Crippen molar-refractivity contribution in [3.05, 3.63) is 30.3 Å². The third-order valence-electron chi connectivity index (χ3n) is 1.44. The molecule has 0 fully saturated rings. The van der Waals surface area contributed by atoms with E-state index in [0.717, 1.165) is 12.2 Å². The molecule has 0 aliphatic heterocycles. The average Bonchev–Trinajstić information content (AvgIpc) is 2.18. The summed E-state index contributed by atoms with van der Waals surface area (Å²) >= 11 is -1.64. The van der Waals surface area contributed by atoms with Crippen LogP contribution in [-0.4, -0.2) is 20.3 Å². The first-order chi connectivity index (χ1) is 6.79. The molecule has 0 radical (unpaired) electrons. The lowest BCUT2D eigenvalue weighted by molar-refractivity contribution is 0.563. The first kappa shape index (κ1) is 12.1. The molecule has 1 atom stereocenters. The van der Waals surface area contributed by atoms with Gasteiger partial charge < -0.3 is 4.55 Å². The maximum absolute atomic E-state index is 10.3. The average molecular weight is 248 g/mol. The summed E-state index contributed by atoms with van der Waals surface area (Å²) in [6, 6.07) is 10.1. The van der Waals surface area contributed by atoms with Gasteiger partial charge in [-0.1, -0.05) is 39.8 Å². The first-order valence-electron chi connectivity index (χ1n) is 4.21. The zero-order chi connectivity index (χ0) is 10.2. The Bertz CT molecular complexity index is 277. The van der Waals surface area contributed by atoms with E-state index in [1.807, 2.05) is 18.2 Å². The molecule has 5 heteroatoms. The molecule has 0 saturated heterocycles. The maximum atomic E-state index is 10.3. The molecule has 1 aromatic carbocycles. The molecule has 2 nitrogen and oxygen atoms in total. The molecule has 0 amide bonds. The molecule has 1 unspecified atom stereocenters.